The third kappa shape index (κ3) is 4.52. The second-order valence-electron chi connectivity index (χ2n) is 16.4. The van der Waals surface area contributed by atoms with Crippen LogP contribution in [0.2, 0.25) is 0 Å². The molecule has 1 nitrogen and oxygen atoms in total. The Labute approximate surface area is 353 Å². The van der Waals surface area contributed by atoms with E-state index in [1.54, 1.807) is 0 Å². The van der Waals surface area contributed by atoms with Crippen molar-refractivity contribution in [2.75, 3.05) is 4.90 Å². The van der Waals surface area contributed by atoms with Crippen LogP contribution in [-0.2, 0) is 5.41 Å². The van der Waals surface area contributed by atoms with E-state index in [0.29, 0.717) is 0 Å². The molecule has 1 aromatic heterocycles. The molecule has 11 aromatic rings. The number of hydrogen-bond donors (Lipinski definition) is 0. The summed E-state index contributed by atoms with van der Waals surface area (Å²) in [6.45, 7) is 2.25. The minimum Gasteiger partial charge on any atom is -0.309 e. The lowest BCUT2D eigenvalue weighted by atomic mass is 9.70. The van der Waals surface area contributed by atoms with E-state index in [1.807, 2.05) is 11.3 Å². The maximum atomic E-state index is 2.54. The zero-order valence-corrected chi connectivity index (χ0v) is 33.8. The zero-order chi connectivity index (χ0) is 39.5. The molecule has 1 spiro atoms. The molecule has 0 aliphatic heterocycles. The van der Waals surface area contributed by atoms with Gasteiger partial charge < -0.3 is 4.90 Å². The molecule has 280 valence electrons. The van der Waals surface area contributed by atoms with Crippen molar-refractivity contribution in [3.8, 4) is 33.4 Å². The number of fused-ring (bicyclic) bond motifs is 16. The second-order valence-corrected chi connectivity index (χ2v) is 17.4. The predicted molar refractivity (Wildman–Crippen MR) is 255 cm³/mol. The van der Waals surface area contributed by atoms with Gasteiger partial charge in [-0.25, -0.2) is 0 Å². The Kier molecular flexibility index (Phi) is 7.09. The van der Waals surface area contributed by atoms with E-state index >= 15 is 0 Å². The first-order valence-corrected chi connectivity index (χ1v) is 21.7. The van der Waals surface area contributed by atoms with Gasteiger partial charge in [0, 0.05) is 26.8 Å². The van der Waals surface area contributed by atoms with Gasteiger partial charge in [0.1, 0.15) is 0 Å². The second kappa shape index (κ2) is 12.6. The van der Waals surface area contributed by atoms with Crippen molar-refractivity contribution in [2.45, 2.75) is 12.3 Å². The number of rotatable bonds is 4. The first-order chi connectivity index (χ1) is 29.7. The monoisotopic (exact) mass is 779 g/mol. The highest BCUT2D eigenvalue weighted by molar-refractivity contribution is 7.26. The van der Waals surface area contributed by atoms with Gasteiger partial charge in [-0.1, -0.05) is 176 Å². The van der Waals surface area contributed by atoms with Crippen molar-refractivity contribution in [1.82, 2.24) is 0 Å². The summed E-state index contributed by atoms with van der Waals surface area (Å²) in [5, 5.41) is 7.70. The van der Waals surface area contributed by atoms with Gasteiger partial charge in [0.25, 0.3) is 0 Å². The first-order valence-electron chi connectivity index (χ1n) is 20.8. The van der Waals surface area contributed by atoms with Crippen LogP contribution in [0.3, 0.4) is 0 Å². The van der Waals surface area contributed by atoms with E-state index in [2.05, 4.69) is 218 Å². The number of nitrogens with zero attached hydrogens (tertiary/aromatic N) is 1. The van der Waals surface area contributed by atoms with Crippen LogP contribution in [-0.4, -0.2) is 0 Å². The summed E-state index contributed by atoms with van der Waals surface area (Å²) >= 11 is 1.92. The molecule has 0 N–H and O–H groups in total. The van der Waals surface area contributed by atoms with Crippen LogP contribution < -0.4 is 4.90 Å². The van der Waals surface area contributed by atoms with Crippen molar-refractivity contribution < 1.29 is 0 Å². The minimum atomic E-state index is -0.438. The summed E-state index contributed by atoms with van der Waals surface area (Å²) < 4.78 is 2.64. The summed E-state index contributed by atoms with van der Waals surface area (Å²) in [6, 6.07) is 77.3. The lowest BCUT2D eigenvalue weighted by Gasteiger charge is -2.32. The fourth-order valence-corrected chi connectivity index (χ4v) is 12.1. The fraction of sp³-hybridized carbons (Fsp3) is 0.0345. The Hall–Kier alpha value is -7.26. The highest BCUT2D eigenvalue weighted by Crippen LogP contribution is 2.63. The molecule has 2 aliphatic rings. The molecule has 2 heteroatoms. The summed E-state index contributed by atoms with van der Waals surface area (Å²) in [5.74, 6) is 0. The molecular weight excluding hydrogens is 743 g/mol. The minimum absolute atomic E-state index is 0.438. The number of aryl methyl sites for hydroxylation is 1. The molecule has 0 saturated carbocycles. The predicted octanol–water partition coefficient (Wildman–Crippen LogP) is 16.1. The van der Waals surface area contributed by atoms with Crippen LogP contribution in [0.1, 0.15) is 27.8 Å². The quantitative estimate of drug-likeness (QED) is 0.172. The van der Waals surface area contributed by atoms with Crippen LogP contribution in [0, 0.1) is 6.92 Å². The van der Waals surface area contributed by atoms with Gasteiger partial charge in [0.15, 0.2) is 0 Å². The maximum Gasteiger partial charge on any atom is 0.0726 e. The number of hydrogen-bond acceptors (Lipinski definition) is 2. The number of benzene rings is 10. The lowest BCUT2D eigenvalue weighted by Crippen LogP contribution is -2.26. The van der Waals surface area contributed by atoms with Crippen LogP contribution >= 0.6 is 11.3 Å². The van der Waals surface area contributed by atoms with Crippen molar-refractivity contribution in [1.29, 1.82) is 0 Å². The topological polar surface area (TPSA) is 3.24 Å². The van der Waals surface area contributed by atoms with Crippen molar-refractivity contribution in [3.63, 3.8) is 0 Å². The molecule has 1 heterocycles. The Bertz CT molecular complexity index is 3500. The van der Waals surface area contributed by atoms with Gasteiger partial charge in [-0.3, -0.25) is 0 Å². The molecule has 0 unspecified atom stereocenters. The van der Waals surface area contributed by atoms with Gasteiger partial charge in [-0.2, -0.15) is 0 Å². The summed E-state index contributed by atoms with van der Waals surface area (Å²) in [6.07, 6.45) is 0. The Morgan fingerprint density at radius 2 is 0.917 bits per heavy atom. The summed E-state index contributed by atoms with van der Waals surface area (Å²) in [7, 11) is 0. The van der Waals surface area contributed by atoms with Crippen molar-refractivity contribution in [3.05, 3.63) is 234 Å². The number of thiophene rings is 1. The normalized spacial score (nSPS) is 13.2. The molecule has 0 radical (unpaired) electrons. The summed E-state index contributed by atoms with van der Waals surface area (Å²) in [5.41, 5.74) is 17.4. The largest absolute Gasteiger partial charge is 0.309 e. The summed E-state index contributed by atoms with van der Waals surface area (Å²) in [4.78, 5) is 2.54. The van der Waals surface area contributed by atoms with Crippen molar-refractivity contribution in [2.24, 2.45) is 0 Å². The standard InChI is InChI=1S/C58H37NS/c1-36-14-12-24-49-55-44-19-5-3-16-39(44)34-54(57(55)60-56(36)49)59(40-30-28-38(29-31-40)43-23-13-17-37-15-2-4-18-42(37)43)41-32-33-48-47-22-8-11-27-52(47)58(53(48)35-41)50-25-9-6-20-45(50)46-21-7-10-26-51(46)58/h2-35H,1H3. The number of anilines is 3. The van der Waals surface area contributed by atoms with Gasteiger partial charge in [-0.05, 0) is 120 Å². The average Bonchev–Trinajstić information content (AvgIpc) is 3.95. The van der Waals surface area contributed by atoms with Gasteiger partial charge in [-0.15, -0.1) is 11.3 Å². The van der Waals surface area contributed by atoms with Crippen LogP contribution in [0.5, 0.6) is 0 Å². The van der Waals surface area contributed by atoms with Gasteiger partial charge in [0.05, 0.1) is 15.8 Å². The first kappa shape index (κ1) is 33.7. The Morgan fingerprint density at radius 1 is 0.383 bits per heavy atom. The van der Waals surface area contributed by atoms with Gasteiger partial charge in [0.2, 0.25) is 0 Å². The highest BCUT2D eigenvalue weighted by atomic mass is 32.1. The molecule has 0 fully saturated rings. The molecule has 60 heavy (non-hydrogen) atoms. The van der Waals surface area contributed by atoms with E-state index in [0.717, 1.165) is 11.4 Å². The van der Waals surface area contributed by atoms with E-state index < -0.39 is 5.41 Å². The molecule has 0 atom stereocenters. The Balaban J connectivity index is 1.11. The molecule has 0 amide bonds. The fourth-order valence-electron chi connectivity index (χ4n) is 10.9. The SMILES string of the molecule is Cc1cccc2c1sc1c(N(c3ccc(-c4cccc5ccccc45)cc3)c3ccc4c(c3)C3(c5ccccc5-c5ccccc53)c3ccccc3-4)cc3ccccc3c12. The van der Waals surface area contributed by atoms with Crippen LogP contribution in [0.25, 0.3) is 75.1 Å². The van der Waals surface area contributed by atoms with Crippen LogP contribution in [0.4, 0.5) is 17.1 Å². The maximum absolute atomic E-state index is 2.54. The van der Waals surface area contributed by atoms with E-state index in [9.17, 15) is 0 Å². The Morgan fingerprint density at radius 3 is 1.63 bits per heavy atom. The molecule has 0 bridgehead atoms. The van der Waals surface area contributed by atoms with Crippen molar-refractivity contribution >= 4 is 70.1 Å². The van der Waals surface area contributed by atoms with Gasteiger partial charge >= 0.3 is 0 Å². The molecule has 2 aliphatic carbocycles. The molecular formula is C58H37NS. The third-order valence-corrected chi connectivity index (χ3v) is 14.7. The smallest absolute Gasteiger partial charge is 0.0726 e. The lowest BCUT2D eigenvalue weighted by molar-refractivity contribution is 0.793. The van der Waals surface area contributed by atoms with E-state index in [1.165, 1.54) is 109 Å². The van der Waals surface area contributed by atoms with E-state index in [-0.39, 0.29) is 0 Å². The van der Waals surface area contributed by atoms with Crippen LogP contribution in [0.15, 0.2) is 206 Å². The molecule has 13 rings (SSSR count). The highest BCUT2D eigenvalue weighted by Gasteiger charge is 2.51. The molecule has 0 saturated heterocycles. The molecule has 10 aromatic carbocycles. The average molecular weight is 780 g/mol. The zero-order valence-electron chi connectivity index (χ0n) is 33.0. The third-order valence-electron chi connectivity index (χ3n) is 13.4. The van der Waals surface area contributed by atoms with E-state index in [4.69, 9.17) is 0 Å².